The number of anilines is 4. The summed E-state index contributed by atoms with van der Waals surface area (Å²) >= 11 is 0. The first-order valence-electron chi connectivity index (χ1n) is 15.5. The predicted octanol–water partition coefficient (Wildman–Crippen LogP) is 5.13. The average molecular weight is 708 g/mol. The second-order valence-electron chi connectivity index (χ2n) is 12.5. The molecule has 1 fully saturated rings. The molecular formula is C34H38FN7O7S. The normalized spacial score (nSPS) is 13.4. The number of methoxy groups -OCH3 is 1. The summed E-state index contributed by atoms with van der Waals surface area (Å²) in [6.07, 6.45) is 3.47. The van der Waals surface area contributed by atoms with Crippen LogP contribution in [-0.2, 0) is 20.2 Å². The predicted molar refractivity (Wildman–Crippen MR) is 187 cm³/mol. The molecule has 4 aromatic rings. The van der Waals surface area contributed by atoms with Crippen LogP contribution < -0.4 is 29.7 Å². The number of carbonyl (C=O) groups is 2. The Morgan fingerprint density at radius 3 is 2.24 bits per heavy atom. The molecule has 2 aromatic heterocycles. The van der Waals surface area contributed by atoms with Crippen LogP contribution in [0.4, 0.5) is 27.4 Å². The summed E-state index contributed by atoms with van der Waals surface area (Å²) < 4.78 is 57.6. The number of benzene rings is 2. The highest BCUT2D eigenvalue weighted by Crippen LogP contribution is 2.36. The van der Waals surface area contributed by atoms with Crippen molar-refractivity contribution in [1.82, 2.24) is 15.0 Å². The molecule has 0 unspecified atom stereocenters. The fourth-order valence-electron chi connectivity index (χ4n) is 5.00. The van der Waals surface area contributed by atoms with Gasteiger partial charge in [0.1, 0.15) is 5.75 Å². The van der Waals surface area contributed by atoms with Crippen LogP contribution in [0, 0.1) is 12.7 Å². The van der Waals surface area contributed by atoms with Gasteiger partial charge in [0, 0.05) is 18.8 Å². The number of aromatic nitrogens is 3. The number of pyridine rings is 1. The van der Waals surface area contributed by atoms with Crippen LogP contribution >= 0.6 is 0 Å². The fourth-order valence-corrected chi connectivity index (χ4v) is 5.55. The molecule has 0 atom stereocenters. The SMILES string of the molecule is COc1c(NS(C)(=O)=O)cc(C(C)(C)C)cc1C(=O)Nc1cnc(C)c(C(=O)Nc2ccc(Oc3nc(N4CCOCC4)ncc3F)cc2)c1. The number of nitrogens with zero attached hydrogens (tertiary/aromatic N) is 4. The topological polar surface area (TPSA) is 174 Å². The van der Waals surface area contributed by atoms with E-state index >= 15 is 0 Å². The molecule has 3 N–H and O–H groups in total. The average Bonchev–Trinajstić information content (AvgIpc) is 3.06. The van der Waals surface area contributed by atoms with E-state index in [1.54, 1.807) is 43.3 Å². The minimum Gasteiger partial charge on any atom is -0.494 e. The van der Waals surface area contributed by atoms with E-state index in [0.717, 1.165) is 12.5 Å². The van der Waals surface area contributed by atoms with E-state index in [1.165, 1.54) is 19.4 Å². The molecule has 14 nitrogen and oxygen atoms in total. The molecule has 264 valence electrons. The zero-order valence-electron chi connectivity index (χ0n) is 28.5. The van der Waals surface area contributed by atoms with Gasteiger partial charge in [-0.25, -0.2) is 13.4 Å². The molecule has 3 heterocycles. The van der Waals surface area contributed by atoms with Crippen LogP contribution in [-0.4, -0.2) is 74.9 Å². The van der Waals surface area contributed by atoms with Crippen molar-refractivity contribution < 1.29 is 36.6 Å². The van der Waals surface area contributed by atoms with E-state index in [2.05, 4.69) is 30.3 Å². The molecule has 0 saturated carbocycles. The summed E-state index contributed by atoms with van der Waals surface area (Å²) in [5.41, 5.74) is 1.69. The minimum absolute atomic E-state index is 0.0337. The van der Waals surface area contributed by atoms with Gasteiger partial charge in [-0.15, -0.1) is 0 Å². The fraction of sp³-hybridized carbons (Fsp3) is 0.324. The van der Waals surface area contributed by atoms with Crippen LogP contribution in [0.15, 0.2) is 54.9 Å². The largest absolute Gasteiger partial charge is 0.494 e. The van der Waals surface area contributed by atoms with Crippen molar-refractivity contribution in [3.63, 3.8) is 0 Å². The van der Waals surface area contributed by atoms with E-state index in [4.69, 9.17) is 14.2 Å². The molecule has 50 heavy (non-hydrogen) atoms. The number of ether oxygens (including phenoxy) is 3. The number of halogens is 1. The van der Waals surface area contributed by atoms with Gasteiger partial charge in [-0.3, -0.25) is 19.3 Å². The molecule has 0 spiro atoms. The van der Waals surface area contributed by atoms with Gasteiger partial charge in [0.2, 0.25) is 21.8 Å². The number of nitrogens with one attached hydrogen (secondary N) is 3. The zero-order valence-corrected chi connectivity index (χ0v) is 29.3. The summed E-state index contributed by atoms with van der Waals surface area (Å²) in [7, 11) is -2.36. The Bertz CT molecular complexity index is 2010. The third kappa shape index (κ3) is 8.81. The lowest BCUT2D eigenvalue weighted by molar-refractivity contribution is 0.101. The first-order valence-corrected chi connectivity index (χ1v) is 17.4. The molecular weight excluding hydrogens is 669 g/mol. The van der Waals surface area contributed by atoms with E-state index in [1.807, 2.05) is 25.7 Å². The summed E-state index contributed by atoms with van der Waals surface area (Å²) in [4.78, 5) is 41.4. The number of amides is 2. The minimum atomic E-state index is -3.69. The Labute approximate surface area is 289 Å². The van der Waals surface area contributed by atoms with Gasteiger partial charge in [0.15, 0.2) is 5.75 Å². The lowest BCUT2D eigenvalue weighted by Gasteiger charge is -2.26. The van der Waals surface area contributed by atoms with Crippen LogP contribution in [0.3, 0.4) is 0 Å². The third-order valence-electron chi connectivity index (χ3n) is 7.61. The van der Waals surface area contributed by atoms with Crippen molar-refractivity contribution in [2.45, 2.75) is 33.1 Å². The maximum atomic E-state index is 14.5. The van der Waals surface area contributed by atoms with Crippen molar-refractivity contribution in [3.8, 4) is 17.4 Å². The number of carbonyl (C=O) groups excluding carboxylic acids is 2. The van der Waals surface area contributed by atoms with Gasteiger partial charge < -0.3 is 29.7 Å². The maximum Gasteiger partial charge on any atom is 0.260 e. The molecule has 0 aliphatic carbocycles. The monoisotopic (exact) mass is 707 g/mol. The highest BCUT2D eigenvalue weighted by molar-refractivity contribution is 7.92. The highest BCUT2D eigenvalue weighted by Gasteiger charge is 2.25. The van der Waals surface area contributed by atoms with Crippen LogP contribution in [0.25, 0.3) is 0 Å². The number of sulfonamides is 1. The molecule has 2 amide bonds. The summed E-state index contributed by atoms with van der Waals surface area (Å²) in [6, 6.07) is 11.0. The number of hydrogen-bond acceptors (Lipinski definition) is 11. The van der Waals surface area contributed by atoms with E-state index < -0.39 is 33.1 Å². The number of rotatable bonds is 10. The first-order chi connectivity index (χ1) is 23.6. The maximum absolute atomic E-state index is 14.5. The van der Waals surface area contributed by atoms with Crippen LogP contribution in [0.2, 0.25) is 0 Å². The molecule has 1 saturated heterocycles. The Hall–Kier alpha value is -5.35. The van der Waals surface area contributed by atoms with Crippen LogP contribution in [0.5, 0.6) is 17.4 Å². The molecule has 1 aliphatic rings. The van der Waals surface area contributed by atoms with Crippen molar-refractivity contribution in [1.29, 1.82) is 0 Å². The number of aryl methyl sites for hydroxylation is 1. The van der Waals surface area contributed by atoms with Gasteiger partial charge >= 0.3 is 0 Å². The second-order valence-corrected chi connectivity index (χ2v) is 14.3. The smallest absolute Gasteiger partial charge is 0.260 e. The van der Waals surface area contributed by atoms with Crippen molar-refractivity contribution in [2.24, 2.45) is 0 Å². The number of hydrogen-bond donors (Lipinski definition) is 3. The van der Waals surface area contributed by atoms with Gasteiger partial charge in [0.25, 0.3) is 17.7 Å². The second kappa shape index (κ2) is 14.6. The standard InChI is InChI=1S/C34H38FN7O7S/c1-20-25(17-23(18-36-20)39-31(44)26-15-21(34(2,3)4)16-28(29(26)47-5)41-50(6,45)46)30(43)38-22-7-9-24(10-8-22)49-32-27(35)19-37-33(40-32)42-11-13-48-14-12-42/h7-10,15-19,41H,11-14H2,1-6H3,(H,38,43)(H,39,44). The van der Waals surface area contributed by atoms with Gasteiger partial charge in [-0.1, -0.05) is 20.8 Å². The molecule has 2 aromatic carbocycles. The highest BCUT2D eigenvalue weighted by atomic mass is 32.2. The lowest BCUT2D eigenvalue weighted by Crippen LogP contribution is -2.37. The molecule has 0 radical (unpaired) electrons. The van der Waals surface area contributed by atoms with Crippen molar-refractivity contribution in [2.75, 3.05) is 59.9 Å². The van der Waals surface area contributed by atoms with Crippen molar-refractivity contribution >= 4 is 44.8 Å². The van der Waals surface area contributed by atoms with E-state index in [0.29, 0.717) is 49.2 Å². The van der Waals surface area contributed by atoms with E-state index in [9.17, 15) is 22.4 Å². The van der Waals surface area contributed by atoms with Gasteiger partial charge in [-0.05, 0) is 60.4 Å². The van der Waals surface area contributed by atoms with E-state index in [-0.39, 0.29) is 39.9 Å². The molecule has 1 aliphatic heterocycles. The summed E-state index contributed by atoms with van der Waals surface area (Å²) in [5, 5.41) is 5.53. The first kappa shape index (κ1) is 35.9. The Balaban J connectivity index is 1.31. The third-order valence-corrected chi connectivity index (χ3v) is 8.20. The Kier molecular flexibility index (Phi) is 10.5. The molecule has 0 bridgehead atoms. The quantitative estimate of drug-likeness (QED) is 0.199. The van der Waals surface area contributed by atoms with Crippen LogP contribution in [0.1, 0.15) is 52.7 Å². The molecule has 5 rings (SSSR count). The molecule has 16 heteroatoms. The Morgan fingerprint density at radius 1 is 0.940 bits per heavy atom. The lowest BCUT2D eigenvalue weighted by atomic mass is 9.85. The summed E-state index contributed by atoms with van der Waals surface area (Å²) in [6.45, 7) is 9.63. The number of morpholine rings is 1. The Morgan fingerprint density at radius 2 is 1.60 bits per heavy atom. The summed E-state index contributed by atoms with van der Waals surface area (Å²) in [5.74, 6) is -1.39. The van der Waals surface area contributed by atoms with Gasteiger partial charge in [-0.2, -0.15) is 9.37 Å². The van der Waals surface area contributed by atoms with Gasteiger partial charge in [0.05, 0.1) is 67.2 Å². The zero-order chi connectivity index (χ0) is 36.2. The van der Waals surface area contributed by atoms with Crippen molar-refractivity contribution in [3.05, 3.63) is 83.1 Å².